The van der Waals surface area contributed by atoms with Crippen LogP contribution in [0.5, 0.6) is 0 Å². The molecule has 5 nitrogen and oxygen atoms in total. The molecule has 0 aliphatic carbocycles. The van der Waals surface area contributed by atoms with Crippen LogP contribution in [0, 0.1) is 6.92 Å². The first-order chi connectivity index (χ1) is 13.2. The number of allylic oxidation sites excluding steroid dienone is 1. The smallest absolute Gasteiger partial charge is 0.224 e. The maximum absolute atomic E-state index is 4.65. The highest BCUT2D eigenvalue weighted by Crippen LogP contribution is 2.25. The highest BCUT2D eigenvalue weighted by Gasteiger charge is 2.12. The molecule has 0 bridgehead atoms. The maximum Gasteiger partial charge on any atom is 0.224 e. The van der Waals surface area contributed by atoms with Crippen molar-refractivity contribution in [3.63, 3.8) is 0 Å². The Balaban J connectivity index is 1.70. The average molecular weight is 357 g/mol. The van der Waals surface area contributed by atoms with E-state index in [4.69, 9.17) is 0 Å². The molecule has 0 unspecified atom stereocenters. The molecule has 0 spiro atoms. The minimum absolute atomic E-state index is 0.752. The van der Waals surface area contributed by atoms with Gasteiger partial charge in [-0.15, -0.1) is 6.58 Å². The van der Waals surface area contributed by atoms with Crippen LogP contribution in [-0.2, 0) is 13.1 Å². The summed E-state index contributed by atoms with van der Waals surface area (Å²) >= 11 is 0. The summed E-state index contributed by atoms with van der Waals surface area (Å²) in [5, 5.41) is 5.69. The Bertz CT molecular complexity index is 1150. The molecule has 136 valence electrons. The third kappa shape index (κ3) is 2.91. The van der Waals surface area contributed by atoms with Gasteiger partial charge in [-0.25, -0.2) is 10.4 Å². The van der Waals surface area contributed by atoms with Crippen LogP contribution >= 0.6 is 0 Å². The summed E-state index contributed by atoms with van der Waals surface area (Å²) in [4.78, 5) is 4.65. The van der Waals surface area contributed by atoms with Gasteiger partial charge in [-0.1, -0.05) is 36.4 Å². The van der Waals surface area contributed by atoms with E-state index in [1.54, 1.807) is 0 Å². The van der Waals surface area contributed by atoms with Crippen LogP contribution in [0.3, 0.4) is 0 Å². The van der Waals surface area contributed by atoms with Gasteiger partial charge in [0.25, 0.3) is 0 Å². The molecule has 0 fully saturated rings. The molecule has 1 N–H and O–H groups in total. The van der Waals surface area contributed by atoms with Gasteiger partial charge in [0, 0.05) is 35.2 Å². The van der Waals surface area contributed by atoms with Crippen molar-refractivity contribution in [3.8, 4) is 0 Å². The number of aryl methyl sites for hydroxylation is 1. The Hall–Kier alpha value is -3.34. The average Bonchev–Trinajstić information content (AvgIpc) is 3.18. The van der Waals surface area contributed by atoms with E-state index in [-0.39, 0.29) is 0 Å². The number of nitrogens with zero attached hydrogens (tertiary/aromatic N) is 4. The number of aromatic nitrogens is 3. The van der Waals surface area contributed by atoms with E-state index < -0.39 is 0 Å². The van der Waals surface area contributed by atoms with Crippen LogP contribution < -0.4 is 5.43 Å². The Morgan fingerprint density at radius 3 is 2.59 bits per heavy atom. The largest absolute Gasteiger partial charge is 0.340 e. The Morgan fingerprint density at radius 2 is 1.81 bits per heavy atom. The highest BCUT2D eigenvalue weighted by molar-refractivity contribution is 6.01. The second-order valence-electron chi connectivity index (χ2n) is 6.45. The predicted molar refractivity (Wildman–Crippen MR) is 113 cm³/mol. The molecule has 5 heteroatoms. The first kappa shape index (κ1) is 17.1. The van der Waals surface area contributed by atoms with Crippen LogP contribution in [0.15, 0.2) is 66.3 Å². The number of nitrogens with one attached hydrogen (secondary N) is 1. The molecule has 0 saturated carbocycles. The standard InChI is InChI=1S/C22H23N5/c1-4-14-27-16(3)18(17-10-6-8-12-20(17)27)15-23-25-22-24-19-11-7-9-13-21(19)26(22)5-2/h4,6-13,15H,1,5,14H2,2-3H3,(H,24,25)/b23-15-. The molecular weight excluding hydrogens is 334 g/mol. The minimum atomic E-state index is 0.752. The first-order valence-electron chi connectivity index (χ1n) is 9.17. The summed E-state index contributed by atoms with van der Waals surface area (Å²) < 4.78 is 4.38. The van der Waals surface area contributed by atoms with E-state index in [0.717, 1.165) is 35.6 Å². The van der Waals surface area contributed by atoms with Crippen molar-refractivity contribution in [1.29, 1.82) is 0 Å². The molecular formula is C22H23N5. The van der Waals surface area contributed by atoms with E-state index in [0.29, 0.717) is 0 Å². The van der Waals surface area contributed by atoms with Gasteiger partial charge in [0.15, 0.2) is 0 Å². The molecule has 2 heterocycles. The molecule has 2 aromatic carbocycles. The number of fused-ring (bicyclic) bond motifs is 2. The second-order valence-corrected chi connectivity index (χ2v) is 6.45. The fraction of sp³-hybridized carbons (Fsp3) is 0.182. The van der Waals surface area contributed by atoms with Gasteiger partial charge in [-0.2, -0.15) is 5.10 Å². The molecule has 2 aromatic heterocycles. The number of rotatable bonds is 6. The van der Waals surface area contributed by atoms with Gasteiger partial charge in [-0.3, -0.25) is 0 Å². The monoisotopic (exact) mass is 357 g/mol. The summed E-state index contributed by atoms with van der Waals surface area (Å²) in [6.45, 7) is 9.71. The molecule has 0 aliphatic rings. The van der Waals surface area contributed by atoms with Crippen molar-refractivity contribution in [1.82, 2.24) is 14.1 Å². The summed E-state index contributed by atoms with van der Waals surface area (Å²) in [6.07, 6.45) is 3.80. The third-order valence-corrected chi connectivity index (χ3v) is 4.92. The molecule has 0 aliphatic heterocycles. The quantitative estimate of drug-likeness (QED) is 0.301. The normalized spacial score (nSPS) is 11.6. The molecule has 0 radical (unpaired) electrons. The van der Waals surface area contributed by atoms with Gasteiger partial charge in [0.05, 0.1) is 17.2 Å². The zero-order chi connectivity index (χ0) is 18.8. The van der Waals surface area contributed by atoms with Gasteiger partial charge in [0.2, 0.25) is 5.95 Å². The van der Waals surface area contributed by atoms with Crippen LogP contribution in [0.2, 0.25) is 0 Å². The molecule has 0 amide bonds. The zero-order valence-corrected chi connectivity index (χ0v) is 15.7. The zero-order valence-electron chi connectivity index (χ0n) is 15.7. The number of para-hydroxylation sites is 3. The van der Waals surface area contributed by atoms with E-state index >= 15 is 0 Å². The van der Waals surface area contributed by atoms with E-state index in [2.05, 4.69) is 75.4 Å². The van der Waals surface area contributed by atoms with Gasteiger partial charge in [0.1, 0.15) is 0 Å². The second kappa shape index (κ2) is 7.11. The topological polar surface area (TPSA) is 47.1 Å². The SMILES string of the molecule is C=CCn1c(C)c(/C=N\Nc2nc3ccccc3n2CC)c2ccccc21. The van der Waals surface area contributed by atoms with E-state index in [9.17, 15) is 0 Å². The predicted octanol–water partition coefficient (Wildman–Crippen LogP) is 4.95. The van der Waals surface area contributed by atoms with Gasteiger partial charge in [-0.05, 0) is 32.0 Å². The van der Waals surface area contributed by atoms with Crippen LogP contribution in [0.4, 0.5) is 5.95 Å². The minimum Gasteiger partial charge on any atom is -0.340 e. The number of benzene rings is 2. The number of anilines is 1. The van der Waals surface area contributed by atoms with Crippen LogP contribution in [0.25, 0.3) is 21.9 Å². The van der Waals surface area contributed by atoms with Crippen molar-refractivity contribution in [2.24, 2.45) is 5.10 Å². The number of imidazole rings is 1. The Morgan fingerprint density at radius 1 is 1.07 bits per heavy atom. The lowest BCUT2D eigenvalue weighted by Crippen LogP contribution is -2.02. The molecule has 27 heavy (non-hydrogen) atoms. The van der Waals surface area contributed by atoms with Gasteiger partial charge >= 0.3 is 0 Å². The van der Waals surface area contributed by atoms with Crippen molar-refractivity contribution < 1.29 is 0 Å². The Kier molecular flexibility index (Phi) is 4.50. The molecule has 4 rings (SSSR count). The fourth-order valence-corrected chi connectivity index (χ4v) is 3.62. The lowest BCUT2D eigenvalue weighted by atomic mass is 10.1. The summed E-state index contributed by atoms with van der Waals surface area (Å²) in [5.74, 6) is 0.752. The fourth-order valence-electron chi connectivity index (χ4n) is 3.62. The maximum atomic E-state index is 4.65. The number of hydrogen-bond donors (Lipinski definition) is 1. The van der Waals surface area contributed by atoms with Gasteiger partial charge < -0.3 is 9.13 Å². The van der Waals surface area contributed by atoms with Crippen LogP contribution in [0.1, 0.15) is 18.2 Å². The lowest BCUT2D eigenvalue weighted by molar-refractivity contribution is 0.791. The number of hydrogen-bond acceptors (Lipinski definition) is 3. The molecule has 4 aromatic rings. The van der Waals surface area contributed by atoms with Crippen molar-refractivity contribution in [3.05, 3.63) is 72.4 Å². The summed E-state index contributed by atoms with van der Waals surface area (Å²) in [6, 6.07) is 16.5. The number of hydrazone groups is 1. The Labute approximate surface area is 158 Å². The van der Waals surface area contributed by atoms with E-state index in [1.165, 1.54) is 16.6 Å². The summed E-state index contributed by atoms with van der Waals surface area (Å²) in [5.41, 5.74) is 8.68. The van der Waals surface area contributed by atoms with Crippen molar-refractivity contribution >= 4 is 34.1 Å². The molecule has 0 atom stereocenters. The lowest BCUT2D eigenvalue weighted by Gasteiger charge is -2.05. The highest BCUT2D eigenvalue weighted by atomic mass is 15.4. The third-order valence-electron chi connectivity index (χ3n) is 4.92. The van der Waals surface area contributed by atoms with E-state index in [1.807, 2.05) is 30.5 Å². The van der Waals surface area contributed by atoms with Crippen molar-refractivity contribution in [2.45, 2.75) is 26.9 Å². The summed E-state index contributed by atoms with van der Waals surface area (Å²) in [7, 11) is 0. The first-order valence-corrected chi connectivity index (χ1v) is 9.17. The molecule has 0 saturated heterocycles. The van der Waals surface area contributed by atoms with Crippen molar-refractivity contribution in [2.75, 3.05) is 5.43 Å². The van der Waals surface area contributed by atoms with Crippen LogP contribution in [-0.4, -0.2) is 20.3 Å².